The largest absolute Gasteiger partial charge is 0.494 e. The summed E-state index contributed by atoms with van der Waals surface area (Å²) in [4.78, 5) is 7.37. The Bertz CT molecular complexity index is 578. The van der Waals surface area contributed by atoms with Gasteiger partial charge in [0.1, 0.15) is 23.6 Å². The van der Waals surface area contributed by atoms with Crippen molar-refractivity contribution in [2.75, 3.05) is 18.5 Å². The van der Waals surface area contributed by atoms with E-state index in [4.69, 9.17) is 9.47 Å². The molecule has 0 unspecified atom stereocenters. The topological polar surface area (TPSA) is 56.3 Å². The van der Waals surface area contributed by atoms with Gasteiger partial charge in [0.15, 0.2) is 0 Å². The zero-order valence-corrected chi connectivity index (χ0v) is 11.4. The number of aromatic nitrogens is 2. The third kappa shape index (κ3) is 3.57. The molecule has 1 N–H and O–H groups in total. The maximum atomic E-state index is 13.1. The Morgan fingerprint density at radius 3 is 2.60 bits per heavy atom. The Balaban J connectivity index is 2.29. The van der Waals surface area contributed by atoms with Crippen LogP contribution in [0.15, 0.2) is 30.6 Å². The minimum absolute atomic E-state index is 0.354. The van der Waals surface area contributed by atoms with E-state index in [1.54, 1.807) is 12.1 Å². The van der Waals surface area contributed by atoms with E-state index >= 15 is 0 Å². The highest BCUT2D eigenvalue weighted by Gasteiger charge is 2.07. The molecule has 0 aliphatic heterocycles. The van der Waals surface area contributed by atoms with Crippen molar-refractivity contribution in [2.45, 2.75) is 13.8 Å². The number of nitrogens with one attached hydrogen (secondary N) is 1. The molecule has 0 atom stereocenters. The SMILES string of the molecule is CCOc1ccc(OCC)c(Nc2cc(F)ncn2)c1. The van der Waals surface area contributed by atoms with Crippen LogP contribution < -0.4 is 14.8 Å². The summed E-state index contributed by atoms with van der Waals surface area (Å²) < 4.78 is 24.0. The monoisotopic (exact) mass is 277 g/mol. The molecule has 1 heterocycles. The Hall–Kier alpha value is -2.37. The van der Waals surface area contributed by atoms with Gasteiger partial charge in [-0.05, 0) is 26.0 Å². The summed E-state index contributed by atoms with van der Waals surface area (Å²) in [7, 11) is 0. The first kappa shape index (κ1) is 14.0. The van der Waals surface area contributed by atoms with Crippen LogP contribution in [0.2, 0.25) is 0 Å². The van der Waals surface area contributed by atoms with Crippen molar-refractivity contribution in [3.63, 3.8) is 0 Å². The van der Waals surface area contributed by atoms with Gasteiger partial charge < -0.3 is 14.8 Å². The number of nitrogens with zero attached hydrogens (tertiary/aromatic N) is 2. The van der Waals surface area contributed by atoms with Crippen LogP contribution in [0, 0.1) is 5.95 Å². The predicted molar refractivity (Wildman–Crippen MR) is 74.1 cm³/mol. The molecule has 6 heteroatoms. The molecule has 2 rings (SSSR count). The molecule has 0 spiro atoms. The van der Waals surface area contributed by atoms with Gasteiger partial charge in [0, 0.05) is 12.1 Å². The Labute approximate surface area is 116 Å². The van der Waals surface area contributed by atoms with Crippen molar-refractivity contribution in [2.24, 2.45) is 0 Å². The maximum absolute atomic E-state index is 13.1. The van der Waals surface area contributed by atoms with E-state index in [0.717, 1.165) is 6.33 Å². The van der Waals surface area contributed by atoms with Gasteiger partial charge >= 0.3 is 0 Å². The molecule has 5 nitrogen and oxygen atoms in total. The quantitative estimate of drug-likeness (QED) is 0.822. The summed E-state index contributed by atoms with van der Waals surface area (Å²) in [6.07, 6.45) is 1.16. The molecule has 0 aliphatic carbocycles. The molecule has 0 saturated carbocycles. The number of halogens is 1. The minimum Gasteiger partial charge on any atom is -0.494 e. The first-order chi connectivity index (χ1) is 9.72. The van der Waals surface area contributed by atoms with Gasteiger partial charge in [0.2, 0.25) is 5.95 Å². The molecular weight excluding hydrogens is 261 g/mol. The molecule has 1 aromatic heterocycles. The Morgan fingerprint density at radius 2 is 1.90 bits per heavy atom. The molecule has 106 valence electrons. The van der Waals surface area contributed by atoms with Gasteiger partial charge in [-0.15, -0.1) is 0 Å². The predicted octanol–water partition coefficient (Wildman–Crippen LogP) is 3.16. The lowest BCUT2D eigenvalue weighted by Gasteiger charge is -2.13. The fourth-order valence-electron chi connectivity index (χ4n) is 1.68. The van der Waals surface area contributed by atoms with Crippen molar-refractivity contribution in [3.8, 4) is 11.5 Å². The van der Waals surface area contributed by atoms with Gasteiger partial charge in [-0.1, -0.05) is 0 Å². The number of ether oxygens (including phenoxy) is 2. The van der Waals surface area contributed by atoms with Crippen molar-refractivity contribution in [1.29, 1.82) is 0 Å². The van der Waals surface area contributed by atoms with E-state index in [-0.39, 0.29) is 0 Å². The van der Waals surface area contributed by atoms with Gasteiger partial charge in [-0.2, -0.15) is 4.39 Å². The van der Waals surface area contributed by atoms with Crippen molar-refractivity contribution in [3.05, 3.63) is 36.5 Å². The fraction of sp³-hybridized carbons (Fsp3) is 0.286. The number of anilines is 2. The number of hydrogen-bond donors (Lipinski definition) is 1. The molecule has 0 saturated heterocycles. The van der Waals surface area contributed by atoms with Gasteiger partial charge in [0.05, 0.1) is 18.9 Å². The summed E-state index contributed by atoms with van der Waals surface area (Å²) in [5.41, 5.74) is 0.663. The standard InChI is InChI=1S/C14H16FN3O2/c1-3-19-10-5-6-12(20-4-2)11(7-10)18-14-8-13(15)16-9-17-14/h5-9H,3-4H2,1-2H3,(H,16,17,18). The summed E-state index contributed by atoms with van der Waals surface area (Å²) in [5.74, 6) is 1.11. The number of rotatable bonds is 6. The summed E-state index contributed by atoms with van der Waals surface area (Å²) >= 11 is 0. The maximum Gasteiger partial charge on any atom is 0.218 e. The molecule has 1 aromatic carbocycles. The summed E-state index contributed by atoms with van der Waals surface area (Å²) in [6, 6.07) is 6.62. The summed E-state index contributed by atoms with van der Waals surface area (Å²) in [5, 5.41) is 3.00. The third-order valence-electron chi connectivity index (χ3n) is 2.46. The molecular formula is C14H16FN3O2. The van der Waals surface area contributed by atoms with Crippen molar-refractivity contribution < 1.29 is 13.9 Å². The molecule has 0 aliphatic rings. The summed E-state index contributed by atoms with van der Waals surface area (Å²) in [6.45, 7) is 4.89. The second kappa shape index (κ2) is 6.70. The zero-order valence-electron chi connectivity index (χ0n) is 11.4. The van der Waals surface area contributed by atoms with E-state index in [1.165, 1.54) is 6.07 Å². The second-order valence-electron chi connectivity index (χ2n) is 3.87. The smallest absolute Gasteiger partial charge is 0.218 e. The average molecular weight is 277 g/mol. The van der Waals surface area contributed by atoms with E-state index < -0.39 is 5.95 Å². The highest BCUT2D eigenvalue weighted by molar-refractivity contribution is 5.66. The Kier molecular flexibility index (Phi) is 4.70. The van der Waals surface area contributed by atoms with Crippen LogP contribution in [-0.2, 0) is 0 Å². The highest BCUT2D eigenvalue weighted by Crippen LogP contribution is 2.31. The minimum atomic E-state index is -0.596. The van der Waals surface area contributed by atoms with Crippen molar-refractivity contribution >= 4 is 11.5 Å². The number of benzene rings is 1. The van der Waals surface area contributed by atoms with Crippen LogP contribution in [0.4, 0.5) is 15.9 Å². The third-order valence-corrected chi connectivity index (χ3v) is 2.46. The van der Waals surface area contributed by atoms with Crippen LogP contribution in [0.3, 0.4) is 0 Å². The molecule has 20 heavy (non-hydrogen) atoms. The normalized spacial score (nSPS) is 10.2. The van der Waals surface area contributed by atoms with Crippen LogP contribution >= 0.6 is 0 Å². The van der Waals surface area contributed by atoms with Crippen LogP contribution in [0.1, 0.15) is 13.8 Å². The molecule has 0 fully saturated rings. The first-order valence-corrected chi connectivity index (χ1v) is 6.37. The average Bonchev–Trinajstić information content (AvgIpc) is 2.42. The fourth-order valence-corrected chi connectivity index (χ4v) is 1.68. The van der Waals surface area contributed by atoms with Crippen molar-refractivity contribution in [1.82, 2.24) is 9.97 Å². The van der Waals surface area contributed by atoms with E-state index in [0.29, 0.717) is 36.2 Å². The van der Waals surface area contributed by atoms with Crippen LogP contribution in [0.25, 0.3) is 0 Å². The molecule has 2 aromatic rings. The molecule has 0 radical (unpaired) electrons. The Morgan fingerprint density at radius 1 is 1.10 bits per heavy atom. The van der Waals surface area contributed by atoms with Gasteiger partial charge in [0.25, 0.3) is 0 Å². The highest BCUT2D eigenvalue weighted by atomic mass is 19.1. The lowest BCUT2D eigenvalue weighted by molar-refractivity contribution is 0.332. The lowest BCUT2D eigenvalue weighted by Crippen LogP contribution is -2.01. The van der Waals surface area contributed by atoms with Crippen LogP contribution in [0.5, 0.6) is 11.5 Å². The number of hydrogen-bond acceptors (Lipinski definition) is 5. The van der Waals surface area contributed by atoms with Crippen LogP contribution in [-0.4, -0.2) is 23.2 Å². The van der Waals surface area contributed by atoms with E-state index in [9.17, 15) is 4.39 Å². The molecule has 0 amide bonds. The second-order valence-corrected chi connectivity index (χ2v) is 3.87. The zero-order chi connectivity index (χ0) is 14.4. The molecule has 0 bridgehead atoms. The van der Waals surface area contributed by atoms with Gasteiger partial charge in [-0.25, -0.2) is 9.97 Å². The van der Waals surface area contributed by atoms with Gasteiger partial charge in [-0.3, -0.25) is 0 Å². The van der Waals surface area contributed by atoms with E-state index in [2.05, 4.69) is 15.3 Å². The van der Waals surface area contributed by atoms with E-state index in [1.807, 2.05) is 19.9 Å². The first-order valence-electron chi connectivity index (χ1n) is 6.37. The lowest BCUT2D eigenvalue weighted by atomic mass is 10.2.